The maximum absolute atomic E-state index is 12.9. The molecule has 0 fully saturated rings. The van der Waals surface area contributed by atoms with E-state index in [-0.39, 0.29) is 5.56 Å². The van der Waals surface area contributed by atoms with Crippen molar-refractivity contribution in [2.45, 2.75) is 27.3 Å². The van der Waals surface area contributed by atoms with Crippen molar-refractivity contribution in [1.29, 1.82) is 0 Å². The average Bonchev–Trinajstić information content (AvgIpc) is 2.99. The third kappa shape index (κ3) is 2.94. The molecule has 4 aromatic rings. The van der Waals surface area contributed by atoms with E-state index < -0.39 is 0 Å². The van der Waals surface area contributed by atoms with Crippen LogP contribution in [0.2, 0.25) is 5.02 Å². The van der Waals surface area contributed by atoms with E-state index in [1.54, 1.807) is 23.0 Å². The van der Waals surface area contributed by atoms with Crippen LogP contribution in [-0.2, 0) is 6.54 Å². The molecule has 0 aliphatic heterocycles. The average molecular weight is 379 g/mol. The molecule has 5 nitrogen and oxygen atoms in total. The van der Waals surface area contributed by atoms with Crippen molar-refractivity contribution in [3.63, 3.8) is 0 Å². The van der Waals surface area contributed by atoms with Gasteiger partial charge in [0.05, 0.1) is 17.9 Å². The number of hydrogen-bond acceptors (Lipinski definition) is 3. The van der Waals surface area contributed by atoms with E-state index in [0.29, 0.717) is 11.6 Å². The number of pyridine rings is 2. The van der Waals surface area contributed by atoms with Gasteiger partial charge in [0.15, 0.2) is 0 Å². The Bertz CT molecular complexity index is 1210. The number of aromatic nitrogens is 4. The third-order valence-corrected chi connectivity index (χ3v) is 5.23. The summed E-state index contributed by atoms with van der Waals surface area (Å²) >= 11 is 6.34. The van der Waals surface area contributed by atoms with Gasteiger partial charge in [-0.2, -0.15) is 5.10 Å². The van der Waals surface area contributed by atoms with E-state index in [1.165, 1.54) is 0 Å². The highest BCUT2D eigenvalue weighted by atomic mass is 35.5. The second-order valence-corrected chi connectivity index (χ2v) is 7.10. The topological polar surface area (TPSA) is 52.7 Å². The molecule has 136 valence electrons. The molecular formula is C21H19ClN4O. The Kier molecular flexibility index (Phi) is 4.32. The minimum absolute atomic E-state index is 0.0651. The number of rotatable bonds is 3. The molecule has 3 heterocycles. The Balaban J connectivity index is 2.06. The first-order valence-corrected chi connectivity index (χ1v) is 9.09. The zero-order chi connectivity index (χ0) is 19.1. The minimum Gasteiger partial charge on any atom is -0.288 e. The highest BCUT2D eigenvalue weighted by molar-refractivity contribution is 6.31. The third-order valence-electron chi connectivity index (χ3n) is 4.82. The number of aryl methyl sites for hydroxylation is 2. The molecule has 0 saturated carbocycles. The van der Waals surface area contributed by atoms with Gasteiger partial charge in [-0.05, 0) is 55.7 Å². The summed E-state index contributed by atoms with van der Waals surface area (Å²) in [6, 6.07) is 11.2. The molecule has 6 heteroatoms. The molecule has 0 aliphatic carbocycles. The summed E-state index contributed by atoms with van der Waals surface area (Å²) in [6.45, 7) is 6.29. The Morgan fingerprint density at radius 3 is 2.67 bits per heavy atom. The molecule has 0 saturated heterocycles. The summed E-state index contributed by atoms with van der Waals surface area (Å²) < 4.78 is 3.58. The lowest BCUT2D eigenvalue weighted by Crippen LogP contribution is -2.23. The van der Waals surface area contributed by atoms with Crippen LogP contribution < -0.4 is 5.56 Å². The lowest BCUT2D eigenvalue weighted by atomic mass is 10.1. The lowest BCUT2D eigenvalue weighted by molar-refractivity contribution is 0.746. The first-order chi connectivity index (χ1) is 13.0. The smallest absolute Gasteiger partial charge is 0.252 e. The fourth-order valence-corrected chi connectivity index (χ4v) is 3.66. The summed E-state index contributed by atoms with van der Waals surface area (Å²) in [6.07, 6.45) is 3.50. The molecule has 0 amide bonds. The van der Waals surface area contributed by atoms with Crippen molar-refractivity contribution < 1.29 is 0 Å². The fraction of sp³-hybridized carbons (Fsp3) is 0.190. The highest BCUT2D eigenvalue weighted by Gasteiger charge is 2.18. The van der Waals surface area contributed by atoms with Crippen molar-refractivity contribution in [1.82, 2.24) is 19.3 Å². The van der Waals surface area contributed by atoms with Gasteiger partial charge >= 0.3 is 0 Å². The summed E-state index contributed by atoms with van der Waals surface area (Å²) in [5.41, 5.74) is 5.24. The minimum atomic E-state index is -0.0651. The second kappa shape index (κ2) is 6.67. The van der Waals surface area contributed by atoms with E-state index in [4.69, 9.17) is 16.7 Å². The Morgan fingerprint density at radius 1 is 1.11 bits per heavy atom. The van der Waals surface area contributed by atoms with Crippen molar-refractivity contribution >= 4 is 22.6 Å². The second-order valence-electron chi connectivity index (χ2n) is 6.69. The lowest BCUT2D eigenvalue weighted by Gasteiger charge is -2.14. The highest BCUT2D eigenvalue weighted by Crippen LogP contribution is 2.28. The zero-order valence-electron chi connectivity index (χ0n) is 15.4. The van der Waals surface area contributed by atoms with Gasteiger partial charge in [-0.25, -0.2) is 4.68 Å². The summed E-state index contributed by atoms with van der Waals surface area (Å²) in [5, 5.41) is 6.40. The molecule has 4 rings (SSSR count). The predicted octanol–water partition coefficient (Wildman–Crippen LogP) is 4.21. The molecule has 0 aliphatic rings. The molecule has 27 heavy (non-hydrogen) atoms. The SMILES string of the molecule is Cc1c(Cl)cccc1-n1nc(C)c2c(C)cc(=O)n(Cc3cccnc3)c21. The van der Waals surface area contributed by atoms with Gasteiger partial charge in [-0.15, -0.1) is 0 Å². The van der Waals surface area contributed by atoms with Gasteiger partial charge in [-0.3, -0.25) is 14.3 Å². The van der Waals surface area contributed by atoms with Crippen molar-refractivity contribution in [3.8, 4) is 5.69 Å². The quantitative estimate of drug-likeness (QED) is 0.536. The standard InChI is InChI=1S/C21H19ClN4O/c1-13-10-19(27)25(12-16-6-5-9-23-11-16)21-20(13)15(3)24-26(21)18-8-4-7-17(22)14(18)2/h4-11H,12H2,1-3H3. The van der Waals surface area contributed by atoms with Gasteiger partial charge in [0.25, 0.3) is 5.56 Å². The van der Waals surface area contributed by atoms with E-state index in [1.807, 2.05) is 55.8 Å². The normalized spacial score (nSPS) is 11.3. The molecule has 0 radical (unpaired) electrons. The molecule has 1 aromatic carbocycles. The van der Waals surface area contributed by atoms with Gasteiger partial charge < -0.3 is 0 Å². The van der Waals surface area contributed by atoms with Gasteiger partial charge in [-0.1, -0.05) is 23.7 Å². The molecule has 0 bridgehead atoms. The van der Waals surface area contributed by atoms with Crippen LogP contribution in [0.5, 0.6) is 0 Å². The Morgan fingerprint density at radius 2 is 1.93 bits per heavy atom. The molecule has 0 spiro atoms. The van der Waals surface area contributed by atoms with Crippen molar-refractivity contribution in [2.24, 2.45) is 0 Å². The Hall–Kier alpha value is -2.92. The van der Waals surface area contributed by atoms with Crippen LogP contribution in [0.1, 0.15) is 22.4 Å². The molecule has 3 aromatic heterocycles. The number of nitrogens with zero attached hydrogens (tertiary/aromatic N) is 4. The molecule has 0 atom stereocenters. The zero-order valence-corrected chi connectivity index (χ0v) is 16.2. The number of benzene rings is 1. The maximum atomic E-state index is 12.9. The van der Waals surface area contributed by atoms with Crippen molar-refractivity contribution in [3.05, 3.63) is 86.6 Å². The van der Waals surface area contributed by atoms with Gasteiger partial charge in [0.2, 0.25) is 0 Å². The van der Waals surface area contributed by atoms with Crippen molar-refractivity contribution in [2.75, 3.05) is 0 Å². The van der Waals surface area contributed by atoms with E-state index in [9.17, 15) is 4.79 Å². The monoisotopic (exact) mass is 378 g/mol. The van der Waals surface area contributed by atoms with Crippen LogP contribution in [0.15, 0.2) is 53.6 Å². The van der Waals surface area contributed by atoms with Crippen LogP contribution in [0.3, 0.4) is 0 Å². The van der Waals surface area contributed by atoms with Crippen LogP contribution >= 0.6 is 11.6 Å². The summed E-state index contributed by atoms with van der Waals surface area (Å²) in [4.78, 5) is 17.0. The van der Waals surface area contributed by atoms with E-state index >= 15 is 0 Å². The van der Waals surface area contributed by atoms with E-state index in [0.717, 1.165) is 39.1 Å². The van der Waals surface area contributed by atoms with Crippen LogP contribution in [0, 0.1) is 20.8 Å². The predicted molar refractivity (Wildman–Crippen MR) is 108 cm³/mol. The van der Waals surface area contributed by atoms with E-state index in [2.05, 4.69) is 4.98 Å². The summed E-state index contributed by atoms with van der Waals surface area (Å²) in [5.74, 6) is 0. The van der Waals surface area contributed by atoms with Crippen LogP contribution in [0.4, 0.5) is 0 Å². The largest absolute Gasteiger partial charge is 0.288 e. The Labute approximate surface area is 161 Å². The van der Waals surface area contributed by atoms with Crippen LogP contribution in [0.25, 0.3) is 16.7 Å². The molecule has 0 N–H and O–H groups in total. The first-order valence-electron chi connectivity index (χ1n) is 8.71. The maximum Gasteiger partial charge on any atom is 0.252 e. The molecule has 0 unspecified atom stereocenters. The number of halogens is 1. The molecular weight excluding hydrogens is 360 g/mol. The number of hydrogen-bond donors (Lipinski definition) is 0. The van der Waals surface area contributed by atoms with Crippen LogP contribution in [-0.4, -0.2) is 19.3 Å². The summed E-state index contributed by atoms with van der Waals surface area (Å²) in [7, 11) is 0. The van der Waals surface area contributed by atoms with Gasteiger partial charge in [0.1, 0.15) is 5.65 Å². The number of fused-ring (bicyclic) bond motifs is 1. The first kappa shape index (κ1) is 17.5. The van der Waals surface area contributed by atoms with Gasteiger partial charge in [0, 0.05) is 28.9 Å². The fourth-order valence-electron chi connectivity index (χ4n) is 3.49.